The van der Waals surface area contributed by atoms with Crippen molar-refractivity contribution in [3.8, 4) is 22.8 Å². The topological polar surface area (TPSA) is 51.7 Å². The molecule has 3 aromatic rings. The molecule has 1 fully saturated rings. The minimum atomic E-state index is 0.168. The molecule has 0 amide bonds. The quantitative estimate of drug-likeness (QED) is 0.317. The minimum absolute atomic E-state index is 0.168. The van der Waals surface area contributed by atoms with E-state index in [-0.39, 0.29) is 11.7 Å². The molecule has 0 unspecified atom stereocenters. The van der Waals surface area contributed by atoms with Gasteiger partial charge < -0.3 is 14.4 Å². The fourth-order valence-corrected chi connectivity index (χ4v) is 4.96. The number of carbonyl (C=O) groups is 1. The molecule has 1 aromatic heterocycles. The van der Waals surface area contributed by atoms with Crippen molar-refractivity contribution in [2.24, 2.45) is 5.92 Å². The largest absolute Gasteiger partial charge is 0.497 e. The maximum absolute atomic E-state index is 12.7. The molecule has 0 spiro atoms. The molecule has 168 valence electrons. The molecule has 1 heterocycles. The molecule has 5 nitrogen and oxygen atoms in total. The fraction of sp³-hybridized carbons (Fsp3) is 0.360. The second-order valence-corrected chi connectivity index (χ2v) is 9.51. The summed E-state index contributed by atoms with van der Waals surface area (Å²) in [5.74, 6) is 1.82. The van der Waals surface area contributed by atoms with Crippen LogP contribution in [0.25, 0.3) is 11.3 Å². The summed E-state index contributed by atoms with van der Waals surface area (Å²) in [4.78, 5) is 20.9. The highest BCUT2D eigenvalue weighted by molar-refractivity contribution is 7.16. The Morgan fingerprint density at radius 2 is 1.97 bits per heavy atom. The molecule has 4 rings (SSSR count). The van der Waals surface area contributed by atoms with Crippen LogP contribution in [0.3, 0.4) is 0 Å². The number of methoxy groups -OCH3 is 2. The van der Waals surface area contributed by atoms with E-state index in [2.05, 4.69) is 11.8 Å². The van der Waals surface area contributed by atoms with Gasteiger partial charge in [0.2, 0.25) is 0 Å². The average molecular weight is 471 g/mol. The molecular weight excluding hydrogens is 444 g/mol. The number of Topliss-reactive ketones (excluding diaryl/α,β-unsaturated/α-hetero) is 1. The first-order valence-corrected chi connectivity index (χ1v) is 12.0. The molecule has 0 aliphatic heterocycles. The molecule has 0 saturated heterocycles. The van der Waals surface area contributed by atoms with Crippen molar-refractivity contribution in [3.63, 3.8) is 0 Å². The van der Waals surface area contributed by atoms with Crippen molar-refractivity contribution < 1.29 is 14.3 Å². The first kappa shape index (κ1) is 22.6. The van der Waals surface area contributed by atoms with Gasteiger partial charge >= 0.3 is 0 Å². The van der Waals surface area contributed by atoms with Crippen molar-refractivity contribution >= 4 is 39.5 Å². The van der Waals surface area contributed by atoms with Gasteiger partial charge in [0.05, 0.1) is 30.6 Å². The number of hydrogen-bond acceptors (Lipinski definition) is 6. The van der Waals surface area contributed by atoms with E-state index in [1.807, 2.05) is 37.3 Å². The Morgan fingerprint density at radius 3 is 2.59 bits per heavy atom. The van der Waals surface area contributed by atoms with Gasteiger partial charge in [-0.2, -0.15) is 0 Å². The summed E-state index contributed by atoms with van der Waals surface area (Å²) in [5, 5.41) is 1.45. The Bertz CT molecular complexity index is 1140. The monoisotopic (exact) mass is 470 g/mol. The van der Waals surface area contributed by atoms with Crippen LogP contribution in [0.5, 0.6) is 11.5 Å². The first-order valence-electron chi connectivity index (χ1n) is 10.8. The minimum Gasteiger partial charge on any atom is -0.497 e. The summed E-state index contributed by atoms with van der Waals surface area (Å²) < 4.78 is 10.9. The SMILES string of the molecule is CCCN(c1nc(-c2ccc(OC)cc2Cl)c(C)s1)c1cc(C(=O)C2CC2)ccc1OC. The molecule has 0 N–H and O–H groups in total. The highest BCUT2D eigenvalue weighted by Crippen LogP contribution is 2.42. The van der Waals surface area contributed by atoms with Crippen LogP contribution in [-0.4, -0.2) is 31.5 Å². The summed E-state index contributed by atoms with van der Waals surface area (Å²) in [6.07, 6.45) is 2.88. The van der Waals surface area contributed by atoms with Crippen LogP contribution < -0.4 is 14.4 Å². The lowest BCUT2D eigenvalue weighted by molar-refractivity contribution is 0.0967. The Labute approximate surface area is 198 Å². The zero-order valence-corrected chi connectivity index (χ0v) is 20.3. The van der Waals surface area contributed by atoms with Gasteiger partial charge in [-0.1, -0.05) is 18.5 Å². The van der Waals surface area contributed by atoms with Gasteiger partial charge in [-0.3, -0.25) is 4.79 Å². The molecule has 2 aromatic carbocycles. The van der Waals surface area contributed by atoms with Crippen LogP contribution in [0, 0.1) is 12.8 Å². The second kappa shape index (κ2) is 9.51. The third-order valence-corrected chi connectivity index (χ3v) is 6.90. The van der Waals surface area contributed by atoms with Crippen molar-refractivity contribution in [3.05, 3.63) is 51.9 Å². The molecule has 0 atom stereocenters. The number of anilines is 2. The third-order valence-electron chi connectivity index (χ3n) is 5.60. The maximum atomic E-state index is 12.7. The molecular formula is C25H27ClN2O3S. The lowest BCUT2D eigenvalue weighted by Gasteiger charge is -2.24. The molecule has 7 heteroatoms. The van der Waals surface area contributed by atoms with E-state index in [0.29, 0.717) is 10.8 Å². The summed E-state index contributed by atoms with van der Waals surface area (Å²) in [7, 11) is 3.27. The van der Waals surface area contributed by atoms with Gasteiger partial charge in [-0.25, -0.2) is 4.98 Å². The maximum Gasteiger partial charge on any atom is 0.190 e. The van der Waals surface area contributed by atoms with E-state index in [1.165, 1.54) is 0 Å². The van der Waals surface area contributed by atoms with Crippen LogP contribution in [0.15, 0.2) is 36.4 Å². The molecule has 0 radical (unpaired) electrons. The van der Waals surface area contributed by atoms with Gasteiger partial charge in [-0.15, -0.1) is 11.3 Å². The first-order chi connectivity index (χ1) is 15.5. The highest BCUT2D eigenvalue weighted by atomic mass is 35.5. The lowest BCUT2D eigenvalue weighted by Crippen LogP contribution is -2.19. The van der Waals surface area contributed by atoms with Crippen LogP contribution >= 0.6 is 22.9 Å². The van der Waals surface area contributed by atoms with Crippen LogP contribution in [0.1, 0.15) is 41.4 Å². The standard InChI is InChI=1S/C25H27ClN2O3S/c1-5-12-28(21-13-17(8-11-22(21)31-4)24(29)16-6-7-16)25-27-23(15(2)32-25)19-10-9-18(30-3)14-20(19)26/h8-11,13-14,16H,5-7,12H2,1-4H3. The van der Waals surface area contributed by atoms with E-state index < -0.39 is 0 Å². The smallest absolute Gasteiger partial charge is 0.190 e. The van der Waals surface area contributed by atoms with Crippen molar-refractivity contribution in [1.82, 2.24) is 4.98 Å². The number of carbonyl (C=O) groups excluding carboxylic acids is 1. The predicted octanol–water partition coefficient (Wildman–Crippen LogP) is 6.93. The number of aryl methyl sites for hydroxylation is 1. The zero-order chi connectivity index (χ0) is 22.8. The number of rotatable bonds is 9. The molecule has 1 aliphatic carbocycles. The van der Waals surface area contributed by atoms with E-state index in [0.717, 1.165) is 64.1 Å². The number of thiazole rings is 1. The normalized spacial score (nSPS) is 13.2. The van der Waals surface area contributed by atoms with Crippen molar-refractivity contribution in [1.29, 1.82) is 0 Å². The lowest BCUT2D eigenvalue weighted by atomic mass is 10.1. The van der Waals surface area contributed by atoms with Crippen LogP contribution in [-0.2, 0) is 0 Å². The third kappa shape index (κ3) is 4.48. The van der Waals surface area contributed by atoms with E-state index in [4.69, 9.17) is 26.1 Å². The highest BCUT2D eigenvalue weighted by Gasteiger charge is 2.31. The molecule has 32 heavy (non-hydrogen) atoms. The van der Waals surface area contributed by atoms with Crippen LogP contribution in [0.4, 0.5) is 10.8 Å². The van der Waals surface area contributed by atoms with Gasteiger partial charge in [0.1, 0.15) is 11.5 Å². The Morgan fingerprint density at radius 1 is 1.19 bits per heavy atom. The van der Waals surface area contributed by atoms with Gasteiger partial charge in [0, 0.05) is 28.5 Å². The van der Waals surface area contributed by atoms with Gasteiger partial charge in [0.25, 0.3) is 0 Å². The number of hydrogen-bond donors (Lipinski definition) is 0. The Balaban J connectivity index is 1.76. The number of aromatic nitrogens is 1. The summed E-state index contributed by atoms with van der Waals surface area (Å²) in [5.41, 5.74) is 3.31. The zero-order valence-electron chi connectivity index (χ0n) is 18.8. The number of halogens is 1. The van der Waals surface area contributed by atoms with Crippen LogP contribution in [0.2, 0.25) is 5.02 Å². The van der Waals surface area contributed by atoms with Gasteiger partial charge in [-0.05, 0) is 62.6 Å². The Hall–Kier alpha value is -2.57. The van der Waals surface area contributed by atoms with Crippen molar-refractivity contribution in [2.75, 3.05) is 25.7 Å². The number of ether oxygens (including phenoxy) is 2. The van der Waals surface area contributed by atoms with Gasteiger partial charge in [0.15, 0.2) is 10.9 Å². The van der Waals surface area contributed by atoms with E-state index in [1.54, 1.807) is 31.6 Å². The molecule has 1 aliphatic rings. The summed E-state index contributed by atoms with van der Waals surface area (Å²) >= 11 is 8.14. The predicted molar refractivity (Wildman–Crippen MR) is 131 cm³/mol. The fourth-order valence-electron chi connectivity index (χ4n) is 3.74. The number of nitrogens with zero attached hydrogens (tertiary/aromatic N) is 2. The van der Waals surface area contributed by atoms with Crippen molar-refractivity contribution in [2.45, 2.75) is 33.1 Å². The molecule has 1 saturated carbocycles. The number of ketones is 1. The second-order valence-electron chi connectivity index (χ2n) is 7.92. The Kier molecular flexibility index (Phi) is 6.72. The summed E-state index contributed by atoms with van der Waals surface area (Å²) in [6.45, 7) is 4.92. The van der Waals surface area contributed by atoms with E-state index >= 15 is 0 Å². The molecule has 0 bridgehead atoms. The van der Waals surface area contributed by atoms with E-state index in [9.17, 15) is 4.79 Å². The summed E-state index contributed by atoms with van der Waals surface area (Å²) in [6, 6.07) is 11.3. The average Bonchev–Trinajstić information content (AvgIpc) is 3.59. The number of benzene rings is 2.